The Balaban J connectivity index is 1.68. The largest absolute Gasteiger partial charge is 0.406 e. The molecule has 1 aliphatic carbocycles. The van der Waals surface area contributed by atoms with Crippen LogP contribution in [-0.2, 0) is 4.79 Å². The molecule has 152 valence electrons. The summed E-state index contributed by atoms with van der Waals surface area (Å²) in [7, 11) is 0. The number of carbonyl (C=O) groups excluding carboxylic acids is 1. The van der Waals surface area contributed by atoms with Gasteiger partial charge in [0.15, 0.2) is 5.82 Å². The van der Waals surface area contributed by atoms with E-state index >= 15 is 0 Å². The number of amides is 1. The highest BCUT2D eigenvalue weighted by molar-refractivity contribution is 7.99. The summed E-state index contributed by atoms with van der Waals surface area (Å²) < 4.78 is 40.0. The molecule has 0 spiro atoms. The number of thioether (sulfide) groups is 1. The van der Waals surface area contributed by atoms with Crippen molar-refractivity contribution in [3.05, 3.63) is 29.8 Å². The van der Waals surface area contributed by atoms with Crippen LogP contribution in [0.5, 0.6) is 0 Å². The molecule has 0 aliphatic heterocycles. The van der Waals surface area contributed by atoms with Gasteiger partial charge in [-0.2, -0.15) is 13.2 Å². The molecule has 1 saturated carbocycles. The summed E-state index contributed by atoms with van der Waals surface area (Å²) >= 11 is 0.983. The van der Waals surface area contributed by atoms with Gasteiger partial charge in [-0.1, -0.05) is 41.6 Å². The molecule has 6 nitrogen and oxygen atoms in total. The zero-order valence-electron chi connectivity index (χ0n) is 15.6. The number of hydrogen-bond acceptors (Lipinski definition) is 5. The number of nitrogens with zero attached hydrogens (tertiary/aromatic N) is 4. The molecule has 1 aliphatic rings. The highest BCUT2D eigenvalue weighted by atomic mass is 32.2. The predicted octanol–water partition coefficient (Wildman–Crippen LogP) is 3.25. The fourth-order valence-electron chi connectivity index (χ4n) is 2.97. The Kier molecular flexibility index (Phi) is 5.87. The number of aryl methyl sites for hydroxylation is 1. The summed E-state index contributed by atoms with van der Waals surface area (Å²) in [4.78, 5) is 13.4. The molecular weight excluding hydrogens is 391 g/mol. The van der Waals surface area contributed by atoms with Crippen molar-refractivity contribution in [1.82, 2.24) is 19.8 Å². The topological polar surface area (TPSA) is 77.0 Å². The van der Waals surface area contributed by atoms with Crippen LogP contribution in [0.3, 0.4) is 0 Å². The Morgan fingerprint density at radius 1 is 1.32 bits per heavy atom. The second-order valence-electron chi connectivity index (χ2n) is 7.05. The first-order valence-corrected chi connectivity index (χ1v) is 9.91. The molecule has 1 fully saturated rings. The minimum Gasteiger partial charge on any atom is -0.335 e. The van der Waals surface area contributed by atoms with Gasteiger partial charge in [-0.15, -0.1) is 10.2 Å². The molecule has 0 unspecified atom stereocenters. The number of alkyl halides is 3. The van der Waals surface area contributed by atoms with E-state index in [1.165, 1.54) is 4.68 Å². The van der Waals surface area contributed by atoms with E-state index in [9.17, 15) is 18.0 Å². The van der Waals surface area contributed by atoms with Crippen LogP contribution in [-0.4, -0.2) is 50.2 Å². The van der Waals surface area contributed by atoms with Crippen molar-refractivity contribution in [2.24, 2.45) is 5.92 Å². The zero-order chi connectivity index (χ0) is 20.5. The average molecular weight is 413 g/mol. The zero-order valence-corrected chi connectivity index (χ0v) is 16.4. The maximum atomic E-state index is 12.9. The van der Waals surface area contributed by atoms with Crippen LogP contribution < -0.4 is 5.84 Å². The maximum absolute atomic E-state index is 12.9. The van der Waals surface area contributed by atoms with E-state index in [0.29, 0.717) is 5.82 Å². The van der Waals surface area contributed by atoms with Crippen LogP contribution in [0.4, 0.5) is 13.2 Å². The van der Waals surface area contributed by atoms with Gasteiger partial charge in [0.2, 0.25) is 11.1 Å². The Morgan fingerprint density at radius 2 is 1.96 bits per heavy atom. The molecule has 0 bridgehead atoms. The predicted molar refractivity (Wildman–Crippen MR) is 101 cm³/mol. The summed E-state index contributed by atoms with van der Waals surface area (Å²) in [6.45, 7) is 2.39. The molecule has 0 saturated heterocycles. The lowest BCUT2D eigenvalue weighted by Crippen LogP contribution is -2.46. The lowest BCUT2D eigenvalue weighted by molar-refractivity contribution is -0.164. The lowest BCUT2D eigenvalue weighted by atomic mass is 10.1. The van der Waals surface area contributed by atoms with Crippen molar-refractivity contribution in [3.63, 3.8) is 0 Å². The van der Waals surface area contributed by atoms with Crippen molar-refractivity contribution in [2.45, 2.75) is 44.1 Å². The van der Waals surface area contributed by atoms with Gasteiger partial charge in [0.1, 0.15) is 6.54 Å². The molecule has 10 heteroatoms. The quantitative estimate of drug-likeness (QED) is 0.557. The number of carbonyl (C=O) groups is 1. The highest BCUT2D eigenvalue weighted by Gasteiger charge is 2.40. The second-order valence-corrected chi connectivity index (χ2v) is 7.99. The standard InChI is InChI=1S/C18H22F3N5OS/c1-11-3-5-14(6-4-11)16-23-24-17(26(16)22)28-9-15(27)25(10-18(19,20)21)12(2)13-7-8-13/h3-6,12-13H,7-10,22H2,1-2H3/t12-/m0/s1. The summed E-state index contributed by atoms with van der Waals surface area (Å²) in [6.07, 6.45) is -2.73. The van der Waals surface area contributed by atoms with Gasteiger partial charge in [-0.05, 0) is 32.6 Å². The third kappa shape index (κ3) is 4.98. The van der Waals surface area contributed by atoms with Crippen LogP contribution in [0.2, 0.25) is 0 Å². The van der Waals surface area contributed by atoms with Crippen molar-refractivity contribution >= 4 is 17.7 Å². The summed E-state index contributed by atoms with van der Waals surface area (Å²) in [5.41, 5.74) is 1.85. The van der Waals surface area contributed by atoms with Crippen molar-refractivity contribution in [1.29, 1.82) is 0 Å². The molecule has 2 N–H and O–H groups in total. The number of benzene rings is 1. The Labute approximate surface area is 165 Å². The van der Waals surface area contributed by atoms with E-state index in [1.54, 1.807) is 6.92 Å². The summed E-state index contributed by atoms with van der Waals surface area (Å²) in [5.74, 6) is 5.82. The van der Waals surface area contributed by atoms with Gasteiger partial charge < -0.3 is 10.7 Å². The Bertz CT molecular complexity index is 833. The maximum Gasteiger partial charge on any atom is 0.406 e. The number of nitrogen functional groups attached to an aromatic ring is 1. The van der Waals surface area contributed by atoms with E-state index in [-0.39, 0.29) is 16.8 Å². The van der Waals surface area contributed by atoms with Gasteiger partial charge in [-0.3, -0.25) is 4.79 Å². The summed E-state index contributed by atoms with van der Waals surface area (Å²) in [5, 5.41) is 8.28. The van der Waals surface area contributed by atoms with Gasteiger partial charge in [0.25, 0.3) is 0 Å². The SMILES string of the molecule is Cc1ccc(-c2nnc(SCC(=O)N(CC(F)(F)F)[C@@H](C)C3CC3)n2N)cc1. The molecule has 1 heterocycles. The van der Waals surface area contributed by atoms with E-state index < -0.39 is 24.7 Å². The van der Waals surface area contributed by atoms with Gasteiger partial charge in [0, 0.05) is 11.6 Å². The molecule has 2 aromatic rings. The van der Waals surface area contributed by atoms with Crippen LogP contribution in [0.25, 0.3) is 11.4 Å². The molecule has 1 aromatic carbocycles. The van der Waals surface area contributed by atoms with Crippen LogP contribution >= 0.6 is 11.8 Å². The number of aromatic nitrogens is 3. The molecule has 0 radical (unpaired) electrons. The molecule has 28 heavy (non-hydrogen) atoms. The van der Waals surface area contributed by atoms with E-state index in [1.807, 2.05) is 31.2 Å². The summed E-state index contributed by atoms with van der Waals surface area (Å²) in [6, 6.07) is 7.09. The van der Waals surface area contributed by atoms with Crippen molar-refractivity contribution in [2.75, 3.05) is 18.1 Å². The Morgan fingerprint density at radius 3 is 2.54 bits per heavy atom. The minimum absolute atomic E-state index is 0.141. The molecule has 1 atom stereocenters. The number of nitrogens with two attached hydrogens (primary N) is 1. The number of halogens is 3. The normalized spacial score (nSPS) is 15.5. The fourth-order valence-corrected chi connectivity index (χ4v) is 3.71. The van der Waals surface area contributed by atoms with E-state index in [4.69, 9.17) is 5.84 Å². The van der Waals surface area contributed by atoms with Crippen LogP contribution in [0.1, 0.15) is 25.3 Å². The first kappa shape index (κ1) is 20.5. The smallest absolute Gasteiger partial charge is 0.335 e. The average Bonchev–Trinajstić information content (AvgIpc) is 3.41. The Hall–Kier alpha value is -2.23. The van der Waals surface area contributed by atoms with Gasteiger partial charge in [0.05, 0.1) is 5.75 Å². The third-order valence-corrected chi connectivity index (χ3v) is 5.69. The first-order valence-electron chi connectivity index (χ1n) is 8.92. The van der Waals surface area contributed by atoms with Crippen molar-refractivity contribution in [3.8, 4) is 11.4 Å². The van der Waals surface area contributed by atoms with E-state index in [0.717, 1.165) is 40.6 Å². The van der Waals surface area contributed by atoms with Crippen LogP contribution in [0.15, 0.2) is 29.4 Å². The fraction of sp³-hybridized carbons (Fsp3) is 0.500. The molecule has 1 aromatic heterocycles. The lowest BCUT2D eigenvalue weighted by Gasteiger charge is -2.30. The molecular formula is C18H22F3N5OS. The second kappa shape index (κ2) is 8.02. The number of rotatable bonds is 7. The third-order valence-electron chi connectivity index (χ3n) is 4.76. The van der Waals surface area contributed by atoms with Crippen LogP contribution in [0, 0.1) is 12.8 Å². The minimum atomic E-state index is -4.43. The number of hydrogen-bond donors (Lipinski definition) is 1. The molecule has 1 amide bonds. The molecule has 3 rings (SSSR count). The first-order chi connectivity index (χ1) is 13.2. The van der Waals surface area contributed by atoms with Gasteiger partial charge >= 0.3 is 6.18 Å². The monoisotopic (exact) mass is 413 g/mol. The van der Waals surface area contributed by atoms with E-state index in [2.05, 4.69) is 10.2 Å². The highest BCUT2D eigenvalue weighted by Crippen LogP contribution is 2.36. The van der Waals surface area contributed by atoms with Crippen molar-refractivity contribution < 1.29 is 18.0 Å². The van der Waals surface area contributed by atoms with Gasteiger partial charge in [-0.25, -0.2) is 4.68 Å².